The van der Waals surface area contributed by atoms with Crippen molar-refractivity contribution in [3.8, 4) is 5.75 Å². The quantitative estimate of drug-likeness (QED) is 0.930. The molecule has 20 heavy (non-hydrogen) atoms. The summed E-state index contributed by atoms with van der Waals surface area (Å²) in [6, 6.07) is 7.99. The highest BCUT2D eigenvalue weighted by molar-refractivity contribution is 5.28. The van der Waals surface area contributed by atoms with E-state index in [0.717, 1.165) is 43.3 Å². The average molecular weight is 273 g/mol. The third-order valence-corrected chi connectivity index (χ3v) is 3.55. The van der Waals surface area contributed by atoms with Crippen molar-refractivity contribution in [3.63, 3.8) is 0 Å². The third-order valence-electron chi connectivity index (χ3n) is 3.55. The predicted molar refractivity (Wildman–Crippen MR) is 74.7 cm³/mol. The average Bonchev–Trinajstić information content (AvgIpc) is 2.97. The smallest absolute Gasteiger partial charge is 0.179 e. The van der Waals surface area contributed by atoms with Crippen molar-refractivity contribution < 1.29 is 9.47 Å². The first kappa shape index (κ1) is 13.1. The molecule has 0 amide bonds. The van der Waals surface area contributed by atoms with Gasteiger partial charge < -0.3 is 9.47 Å². The Morgan fingerprint density at radius 1 is 1.30 bits per heavy atom. The van der Waals surface area contributed by atoms with Crippen molar-refractivity contribution in [3.05, 3.63) is 41.5 Å². The number of aromatic amines is 1. The Bertz CT molecular complexity index is 545. The van der Waals surface area contributed by atoms with Gasteiger partial charge in [-0.05, 0) is 37.0 Å². The fourth-order valence-electron chi connectivity index (χ4n) is 2.41. The van der Waals surface area contributed by atoms with Crippen LogP contribution in [0.25, 0.3) is 0 Å². The molecule has 2 heterocycles. The van der Waals surface area contributed by atoms with Crippen molar-refractivity contribution in [2.45, 2.75) is 31.8 Å². The Hall–Kier alpha value is -1.88. The Morgan fingerprint density at radius 3 is 2.85 bits per heavy atom. The molecule has 0 spiro atoms. The van der Waals surface area contributed by atoms with Crippen molar-refractivity contribution in [2.24, 2.45) is 0 Å². The van der Waals surface area contributed by atoms with Crippen LogP contribution in [-0.4, -0.2) is 28.9 Å². The molecule has 1 aromatic carbocycles. The molecular formula is C15H19N3O2. The number of ether oxygens (including phenoxy) is 2. The van der Waals surface area contributed by atoms with E-state index in [0.29, 0.717) is 0 Å². The Labute approximate surface area is 118 Å². The van der Waals surface area contributed by atoms with Gasteiger partial charge >= 0.3 is 0 Å². The number of hydrogen-bond acceptors (Lipinski definition) is 4. The number of nitrogens with one attached hydrogen (secondary N) is 1. The number of methoxy groups -OCH3 is 1. The van der Waals surface area contributed by atoms with E-state index in [1.807, 2.05) is 24.3 Å². The molecule has 1 saturated heterocycles. The monoisotopic (exact) mass is 273 g/mol. The summed E-state index contributed by atoms with van der Waals surface area (Å²) in [7, 11) is 1.67. The van der Waals surface area contributed by atoms with Crippen LogP contribution in [0.1, 0.15) is 42.6 Å². The zero-order valence-corrected chi connectivity index (χ0v) is 11.6. The number of hydrogen-bond donors (Lipinski definition) is 1. The molecule has 1 fully saturated rings. The zero-order chi connectivity index (χ0) is 13.8. The van der Waals surface area contributed by atoms with Gasteiger partial charge in [-0.3, -0.25) is 5.10 Å². The van der Waals surface area contributed by atoms with Crippen LogP contribution in [0.5, 0.6) is 5.75 Å². The van der Waals surface area contributed by atoms with E-state index < -0.39 is 0 Å². The summed E-state index contributed by atoms with van der Waals surface area (Å²) in [6.45, 7) is 0.813. The number of H-pyrrole nitrogens is 1. The summed E-state index contributed by atoms with van der Waals surface area (Å²) < 4.78 is 10.8. The van der Waals surface area contributed by atoms with Crippen LogP contribution in [0.3, 0.4) is 0 Å². The summed E-state index contributed by atoms with van der Waals surface area (Å²) in [5.74, 6) is 2.52. The molecule has 1 aliphatic rings. The van der Waals surface area contributed by atoms with E-state index in [1.54, 1.807) is 7.11 Å². The van der Waals surface area contributed by atoms with Crippen molar-refractivity contribution in [2.75, 3.05) is 13.7 Å². The molecule has 0 radical (unpaired) electrons. The molecule has 1 unspecified atom stereocenters. The van der Waals surface area contributed by atoms with E-state index in [-0.39, 0.29) is 6.10 Å². The van der Waals surface area contributed by atoms with Crippen molar-refractivity contribution in [1.82, 2.24) is 15.2 Å². The maximum Gasteiger partial charge on any atom is 0.179 e. The van der Waals surface area contributed by atoms with E-state index in [2.05, 4.69) is 15.2 Å². The summed E-state index contributed by atoms with van der Waals surface area (Å²) in [4.78, 5) is 4.55. The summed E-state index contributed by atoms with van der Waals surface area (Å²) >= 11 is 0. The highest BCUT2D eigenvalue weighted by atomic mass is 16.5. The summed E-state index contributed by atoms with van der Waals surface area (Å²) in [6.07, 6.45) is 4.14. The Kier molecular flexibility index (Phi) is 3.97. The van der Waals surface area contributed by atoms with Crippen molar-refractivity contribution in [1.29, 1.82) is 0 Å². The lowest BCUT2D eigenvalue weighted by molar-refractivity contribution is 0.00963. The van der Waals surface area contributed by atoms with Gasteiger partial charge in [-0.25, -0.2) is 4.98 Å². The molecule has 106 valence electrons. The summed E-state index contributed by atoms with van der Waals surface area (Å²) in [5, 5.41) is 7.29. The Balaban J connectivity index is 1.66. The second-order valence-corrected chi connectivity index (χ2v) is 5.02. The first-order valence-electron chi connectivity index (χ1n) is 7.01. The van der Waals surface area contributed by atoms with Gasteiger partial charge in [0.15, 0.2) is 5.82 Å². The van der Waals surface area contributed by atoms with Crippen LogP contribution in [0.2, 0.25) is 0 Å². The standard InChI is InChI=1S/C15H19N3O2/c1-19-12-7-5-11(6-8-12)10-14-16-15(18-17-14)13-4-2-3-9-20-13/h5-8,13H,2-4,9-10H2,1H3,(H,16,17,18). The van der Waals surface area contributed by atoms with Gasteiger partial charge in [-0.2, -0.15) is 5.10 Å². The van der Waals surface area contributed by atoms with Gasteiger partial charge in [0.05, 0.1) is 7.11 Å². The highest BCUT2D eigenvalue weighted by Gasteiger charge is 2.20. The topological polar surface area (TPSA) is 60.0 Å². The van der Waals surface area contributed by atoms with Gasteiger partial charge in [0.2, 0.25) is 0 Å². The van der Waals surface area contributed by atoms with E-state index in [9.17, 15) is 0 Å². The number of nitrogens with zero attached hydrogens (tertiary/aromatic N) is 2. The molecule has 1 atom stereocenters. The van der Waals surface area contributed by atoms with Crippen LogP contribution < -0.4 is 4.74 Å². The van der Waals surface area contributed by atoms with Crippen LogP contribution in [0.15, 0.2) is 24.3 Å². The lowest BCUT2D eigenvalue weighted by atomic mass is 10.1. The number of rotatable bonds is 4. The molecule has 5 heteroatoms. The van der Waals surface area contributed by atoms with E-state index >= 15 is 0 Å². The van der Waals surface area contributed by atoms with Gasteiger partial charge in [0.25, 0.3) is 0 Å². The molecule has 5 nitrogen and oxygen atoms in total. The molecule has 0 saturated carbocycles. The fraction of sp³-hybridized carbons (Fsp3) is 0.467. The van der Waals surface area contributed by atoms with E-state index in [4.69, 9.17) is 9.47 Å². The normalized spacial score (nSPS) is 18.9. The lowest BCUT2D eigenvalue weighted by Crippen LogP contribution is -2.12. The van der Waals surface area contributed by atoms with Crippen LogP contribution >= 0.6 is 0 Å². The van der Waals surface area contributed by atoms with Crippen LogP contribution in [-0.2, 0) is 11.2 Å². The molecule has 1 aliphatic heterocycles. The second kappa shape index (κ2) is 6.05. The summed E-state index contributed by atoms with van der Waals surface area (Å²) in [5.41, 5.74) is 1.18. The first-order valence-corrected chi connectivity index (χ1v) is 7.01. The maximum absolute atomic E-state index is 5.70. The second-order valence-electron chi connectivity index (χ2n) is 5.02. The SMILES string of the molecule is COc1ccc(Cc2nc(C3CCCCO3)n[nH]2)cc1. The molecule has 2 aromatic rings. The van der Waals surface area contributed by atoms with Gasteiger partial charge in [0.1, 0.15) is 17.7 Å². The van der Waals surface area contributed by atoms with Crippen LogP contribution in [0, 0.1) is 0 Å². The highest BCUT2D eigenvalue weighted by Crippen LogP contribution is 2.25. The molecule has 0 aliphatic carbocycles. The zero-order valence-electron chi connectivity index (χ0n) is 11.6. The molecule has 1 aromatic heterocycles. The molecule has 0 bridgehead atoms. The molecule has 1 N–H and O–H groups in total. The molecule has 3 rings (SSSR count). The van der Waals surface area contributed by atoms with Crippen molar-refractivity contribution >= 4 is 0 Å². The van der Waals surface area contributed by atoms with Crippen LogP contribution in [0.4, 0.5) is 0 Å². The largest absolute Gasteiger partial charge is 0.497 e. The fourth-order valence-corrected chi connectivity index (χ4v) is 2.41. The lowest BCUT2D eigenvalue weighted by Gasteiger charge is -2.19. The maximum atomic E-state index is 5.70. The third kappa shape index (κ3) is 2.99. The van der Waals surface area contributed by atoms with E-state index in [1.165, 1.54) is 12.0 Å². The minimum absolute atomic E-state index is 0.0598. The number of aromatic nitrogens is 3. The first-order chi connectivity index (χ1) is 9.85. The minimum atomic E-state index is 0.0598. The van der Waals surface area contributed by atoms with Gasteiger partial charge in [-0.15, -0.1) is 0 Å². The van der Waals surface area contributed by atoms with Gasteiger partial charge in [-0.1, -0.05) is 12.1 Å². The predicted octanol–water partition coefficient (Wildman–Crippen LogP) is 2.65. The minimum Gasteiger partial charge on any atom is -0.497 e. The Morgan fingerprint density at radius 2 is 2.15 bits per heavy atom. The molecular weight excluding hydrogens is 254 g/mol. The number of benzene rings is 1. The van der Waals surface area contributed by atoms with Gasteiger partial charge in [0, 0.05) is 13.0 Å².